The normalized spacial score (nSPS) is 14.2. The molecule has 0 aromatic carbocycles. The molecule has 2 amide bonds. The van der Waals surface area contributed by atoms with Crippen LogP contribution in [0.1, 0.15) is 35.9 Å². The van der Waals surface area contributed by atoms with Crippen molar-refractivity contribution < 1.29 is 9.53 Å². The third-order valence-electron chi connectivity index (χ3n) is 3.81. The molecule has 2 aromatic heterocycles. The highest BCUT2D eigenvalue weighted by Gasteiger charge is 2.21. The van der Waals surface area contributed by atoms with E-state index in [2.05, 4.69) is 32.4 Å². The van der Waals surface area contributed by atoms with Crippen molar-refractivity contribution in [2.75, 3.05) is 18.5 Å². The molecule has 7 heteroatoms. The Morgan fingerprint density at radius 2 is 2.15 bits per heavy atom. The molecule has 1 fully saturated rings. The Kier molecular flexibility index (Phi) is 6.21. The number of nitrogens with one attached hydrogen (secondary N) is 2. The Bertz CT molecular complexity index is 806. The number of urea groups is 1. The van der Waals surface area contributed by atoms with Gasteiger partial charge < -0.3 is 10.1 Å². The van der Waals surface area contributed by atoms with Crippen LogP contribution >= 0.6 is 11.3 Å². The van der Waals surface area contributed by atoms with Crippen LogP contribution in [0, 0.1) is 24.7 Å². The predicted octanol–water partition coefficient (Wildman–Crippen LogP) is 3.18. The van der Waals surface area contributed by atoms with Crippen LogP contribution in [0.3, 0.4) is 0 Å². The van der Waals surface area contributed by atoms with Gasteiger partial charge in [-0.25, -0.2) is 9.78 Å². The minimum atomic E-state index is -0.282. The molecule has 0 aliphatic heterocycles. The van der Waals surface area contributed by atoms with E-state index >= 15 is 0 Å². The lowest BCUT2D eigenvalue weighted by Gasteiger charge is -2.14. The highest BCUT2D eigenvalue weighted by Crippen LogP contribution is 2.28. The molecule has 1 atom stereocenters. The summed E-state index contributed by atoms with van der Waals surface area (Å²) in [5.41, 5.74) is 1.69. The van der Waals surface area contributed by atoms with Crippen LogP contribution < -0.4 is 10.6 Å². The monoisotopic (exact) mass is 370 g/mol. The number of ether oxygens (including phenoxy) is 1. The summed E-state index contributed by atoms with van der Waals surface area (Å²) in [5.74, 6) is 6.89. The molecule has 26 heavy (non-hydrogen) atoms. The highest BCUT2D eigenvalue weighted by molar-refractivity contribution is 7.16. The SMILES string of the molecule is Cc1nc(NC(=O)N[C@@H](C)COCC2CC2)sc1C#Cc1ccncc1. The lowest BCUT2D eigenvalue weighted by atomic mass is 10.2. The van der Waals surface area contributed by atoms with E-state index in [1.165, 1.54) is 24.2 Å². The van der Waals surface area contributed by atoms with Gasteiger partial charge in [0.15, 0.2) is 5.13 Å². The molecule has 0 bridgehead atoms. The van der Waals surface area contributed by atoms with Gasteiger partial charge in [0.2, 0.25) is 0 Å². The third-order valence-corrected chi connectivity index (χ3v) is 4.80. The number of hydrogen-bond acceptors (Lipinski definition) is 5. The highest BCUT2D eigenvalue weighted by atomic mass is 32.1. The Labute approximate surface area is 157 Å². The third kappa shape index (κ3) is 5.83. The zero-order valence-electron chi connectivity index (χ0n) is 14.9. The summed E-state index contributed by atoms with van der Waals surface area (Å²) in [4.78, 5) is 21.2. The second-order valence-electron chi connectivity index (χ2n) is 6.40. The second kappa shape index (κ2) is 8.79. The number of rotatable bonds is 6. The van der Waals surface area contributed by atoms with Crippen molar-refractivity contribution >= 4 is 22.5 Å². The fourth-order valence-corrected chi connectivity index (χ4v) is 3.04. The van der Waals surface area contributed by atoms with Crippen LogP contribution in [0.25, 0.3) is 0 Å². The lowest BCUT2D eigenvalue weighted by molar-refractivity contribution is 0.109. The first-order chi connectivity index (χ1) is 12.6. The predicted molar refractivity (Wildman–Crippen MR) is 102 cm³/mol. The van der Waals surface area contributed by atoms with Crippen molar-refractivity contribution in [1.82, 2.24) is 15.3 Å². The minimum absolute atomic E-state index is 0.0549. The van der Waals surface area contributed by atoms with E-state index in [0.717, 1.165) is 28.7 Å². The van der Waals surface area contributed by atoms with Crippen molar-refractivity contribution in [3.63, 3.8) is 0 Å². The van der Waals surface area contributed by atoms with Crippen LogP contribution in [0.5, 0.6) is 0 Å². The van der Waals surface area contributed by atoms with Crippen molar-refractivity contribution in [2.24, 2.45) is 5.92 Å². The molecule has 2 N–H and O–H groups in total. The zero-order chi connectivity index (χ0) is 18.4. The molecule has 2 heterocycles. The van der Waals surface area contributed by atoms with Gasteiger partial charge in [0.25, 0.3) is 0 Å². The molecular formula is C19H22N4O2S. The van der Waals surface area contributed by atoms with Crippen molar-refractivity contribution in [1.29, 1.82) is 0 Å². The van der Waals surface area contributed by atoms with Gasteiger partial charge in [0.1, 0.15) is 4.88 Å². The molecule has 2 aromatic rings. The molecule has 0 spiro atoms. The smallest absolute Gasteiger partial charge is 0.321 e. The van der Waals surface area contributed by atoms with Crippen LogP contribution in [-0.4, -0.2) is 35.3 Å². The molecule has 6 nitrogen and oxygen atoms in total. The van der Waals surface area contributed by atoms with E-state index in [1.54, 1.807) is 12.4 Å². The maximum atomic E-state index is 12.1. The lowest BCUT2D eigenvalue weighted by Crippen LogP contribution is -2.38. The van der Waals surface area contributed by atoms with Crippen molar-refractivity contribution in [3.05, 3.63) is 40.7 Å². The van der Waals surface area contributed by atoms with Crippen molar-refractivity contribution in [2.45, 2.75) is 32.7 Å². The largest absolute Gasteiger partial charge is 0.379 e. The maximum Gasteiger partial charge on any atom is 0.321 e. The van der Waals surface area contributed by atoms with Gasteiger partial charge in [0.05, 0.1) is 18.3 Å². The number of carbonyl (C=O) groups is 1. The number of anilines is 1. The first kappa shape index (κ1) is 18.4. The number of nitrogens with zero attached hydrogens (tertiary/aromatic N) is 2. The topological polar surface area (TPSA) is 76.1 Å². The average Bonchev–Trinajstić information content (AvgIpc) is 3.37. The molecule has 3 rings (SSSR count). The molecule has 136 valence electrons. The quantitative estimate of drug-likeness (QED) is 0.766. The van der Waals surface area contributed by atoms with E-state index in [1.807, 2.05) is 26.0 Å². The standard InChI is InChI=1S/C19H22N4O2S/c1-13(11-25-12-16-3-4-16)21-18(24)23-19-22-14(2)17(26-19)6-5-15-7-9-20-10-8-15/h7-10,13,16H,3-4,11-12H2,1-2H3,(H2,21,22,23,24)/t13-/m0/s1. The molecular weight excluding hydrogens is 348 g/mol. The molecule has 0 saturated heterocycles. The van der Waals surface area contributed by atoms with Gasteiger partial charge in [-0.05, 0) is 50.7 Å². The Morgan fingerprint density at radius 1 is 1.38 bits per heavy atom. The summed E-state index contributed by atoms with van der Waals surface area (Å²) in [6.45, 7) is 5.11. The second-order valence-corrected chi connectivity index (χ2v) is 7.40. The maximum absolute atomic E-state index is 12.1. The van der Waals surface area contributed by atoms with Gasteiger partial charge in [-0.15, -0.1) is 0 Å². The van der Waals surface area contributed by atoms with Crippen LogP contribution in [0.4, 0.5) is 9.93 Å². The first-order valence-electron chi connectivity index (χ1n) is 8.65. The number of aryl methyl sites for hydroxylation is 1. The van der Waals surface area contributed by atoms with Gasteiger partial charge >= 0.3 is 6.03 Å². The van der Waals surface area contributed by atoms with E-state index in [9.17, 15) is 4.79 Å². The first-order valence-corrected chi connectivity index (χ1v) is 9.46. The number of hydrogen-bond donors (Lipinski definition) is 2. The van der Waals surface area contributed by atoms with Crippen LogP contribution in [0.2, 0.25) is 0 Å². The van der Waals surface area contributed by atoms with E-state index in [0.29, 0.717) is 11.7 Å². The summed E-state index contributed by atoms with van der Waals surface area (Å²) >= 11 is 1.36. The van der Waals surface area contributed by atoms with Gasteiger partial charge in [-0.1, -0.05) is 17.3 Å². The summed E-state index contributed by atoms with van der Waals surface area (Å²) < 4.78 is 5.59. The number of amides is 2. The number of aromatic nitrogens is 2. The Morgan fingerprint density at radius 3 is 2.88 bits per heavy atom. The molecule has 1 aliphatic rings. The Balaban J connectivity index is 1.50. The average molecular weight is 370 g/mol. The molecule has 0 radical (unpaired) electrons. The van der Waals surface area contributed by atoms with Gasteiger partial charge in [0, 0.05) is 24.6 Å². The zero-order valence-corrected chi connectivity index (χ0v) is 15.7. The summed E-state index contributed by atoms with van der Waals surface area (Å²) in [6, 6.07) is 3.36. The summed E-state index contributed by atoms with van der Waals surface area (Å²) in [5, 5.41) is 6.16. The van der Waals surface area contributed by atoms with E-state index in [-0.39, 0.29) is 12.1 Å². The van der Waals surface area contributed by atoms with E-state index in [4.69, 9.17) is 4.74 Å². The number of pyridine rings is 1. The Hall–Kier alpha value is -2.43. The summed E-state index contributed by atoms with van der Waals surface area (Å²) in [6.07, 6.45) is 5.93. The van der Waals surface area contributed by atoms with Crippen LogP contribution in [-0.2, 0) is 4.74 Å². The number of thiazole rings is 1. The van der Waals surface area contributed by atoms with Gasteiger partial charge in [-0.3, -0.25) is 10.3 Å². The fourth-order valence-electron chi connectivity index (χ4n) is 2.22. The summed E-state index contributed by atoms with van der Waals surface area (Å²) in [7, 11) is 0. The van der Waals surface area contributed by atoms with Crippen LogP contribution in [0.15, 0.2) is 24.5 Å². The minimum Gasteiger partial charge on any atom is -0.379 e. The molecule has 0 unspecified atom stereocenters. The van der Waals surface area contributed by atoms with Gasteiger partial charge in [-0.2, -0.15) is 0 Å². The van der Waals surface area contributed by atoms with Crippen molar-refractivity contribution in [3.8, 4) is 11.8 Å². The van der Waals surface area contributed by atoms with E-state index < -0.39 is 0 Å². The number of carbonyl (C=O) groups excluding carboxylic acids is 1. The molecule has 1 aliphatic carbocycles. The fraction of sp³-hybridized carbons (Fsp3) is 0.421. The molecule has 1 saturated carbocycles.